The quantitative estimate of drug-likeness (QED) is 0.364. The van der Waals surface area contributed by atoms with Gasteiger partial charge in [0.1, 0.15) is 38.4 Å². The van der Waals surface area contributed by atoms with Crippen LogP contribution < -0.4 is 16.0 Å². The molecule has 168 valence electrons. The smallest absolute Gasteiger partial charge is 0.257 e. The highest BCUT2D eigenvalue weighted by Gasteiger charge is 2.36. The van der Waals surface area contributed by atoms with E-state index in [2.05, 4.69) is 31.4 Å². The largest absolute Gasteiger partial charge is 0.384 e. The van der Waals surface area contributed by atoms with Crippen LogP contribution in [-0.4, -0.2) is 70.4 Å². The zero-order chi connectivity index (χ0) is 23.6. The second-order valence-electron chi connectivity index (χ2n) is 8.76. The van der Waals surface area contributed by atoms with Gasteiger partial charge in [0.2, 0.25) is 0 Å². The van der Waals surface area contributed by atoms with Crippen LogP contribution in [0.4, 0.5) is 17.3 Å². The van der Waals surface area contributed by atoms with Crippen LogP contribution in [0, 0.1) is 0 Å². The number of carbonyl (C=O) groups excluding carboxylic acids is 1. The topological polar surface area (TPSA) is 123 Å². The molecule has 4 aromatic rings. The van der Waals surface area contributed by atoms with E-state index >= 15 is 0 Å². The number of ether oxygens (including phenoxy) is 1. The van der Waals surface area contributed by atoms with E-state index in [-0.39, 0.29) is 18.1 Å². The molecule has 4 radical (unpaired) electrons. The average Bonchev–Trinajstić information content (AvgIpc) is 3.52. The summed E-state index contributed by atoms with van der Waals surface area (Å²) in [6.45, 7) is 0. The molecule has 1 saturated carbocycles. The van der Waals surface area contributed by atoms with Crippen molar-refractivity contribution < 1.29 is 9.53 Å². The monoisotopic (exact) mass is 453 g/mol. The van der Waals surface area contributed by atoms with Crippen molar-refractivity contribution >= 4 is 55.6 Å². The van der Waals surface area contributed by atoms with Crippen molar-refractivity contribution in [2.24, 2.45) is 7.05 Å². The van der Waals surface area contributed by atoms with Gasteiger partial charge in [-0.2, -0.15) is 9.61 Å². The molecule has 34 heavy (non-hydrogen) atoms. The number of aryl methyl sites for hydroxylation is 1. The van der Waals surface area contributed by atoms with Crippen molar-refractivity contribution in [1.82, 2.24) is 34.9 Å². The summed E-state index contributed by atoms with van der Waals surface area (Å²) in [4.78, 5) is 17.9. The summed E-state index contributed by atoms with van der Waals surface area (Å²) in [7, 11) is 16.6. The molecule has 0 unspecified atom stereocenters. The first-order valence-corrected chi connectivity index (χ1v) is 11.1. The number of nitrogens with one attached hydrogen (secondary N) is 3. The molecule has 3 N–H and O–H groups in total. The molecule has 4 bridgehead atoms. The molecule has 3 aromatic heterocycles. The Morgan fingerprint density at radius 3 is 2.94 bits per heavy atom. The molecule has 1 fully saturated rings. The maximum atomic E-state index is 13.2. The number of rotatable bonds is 1. The lowest BCUT2D eigenvalue weighted by Crippen LogP contribution is -2.45. The fourth-order valence-electron chi connectivity index (χ4n) is 4.75. The van der Waals surface area contributed by atoms with Crippen molar-refractivity contribution in [1.29, 1.82) is 0 Å². The molecular formula is C21H21B2N9O2. The van der Waals surface area contributed by atoms with Crippen LogP contribution in [0.25, 0.3) is 16.7 Å². The van der Waals surface area contributed by atoms with Gasteiger partial charge in [0.05, 0.1) is 29.5 Å². The van der Waals surface area contributed by atoms with Gasteiger partial charge in [-0.25, -0.2) is 9.67 Å². The molecule has 2 aliphatic rings. The first-order chi connectivity index (χ1) is 16.3. The van der Waals surface area contributed by atoms with Crippen LogP contribution in [0.2, 0.25) is 0 Å². The van der Waals surface area contributed by atoms with Gasteiger partial charge in [-0.05, 0) is 37.0 Å². The van der Waals surface area contributed by atoms with Crippen molar-refractivity contribution in [2.45, 2.75) is 36.8 Å². The third-order valence-electron chi connectivity index (χ3n) is 6.52. The Morgan fingerprint density at radius 2 is 2.12 bits per heavy atom. The zero-order valence-electron chi connectivity index (χ0n) is 18.7. The Labute approximate surface area is 197 Å². The molecule has 0 saturated heterocycles. The normalized spacial score (nSPS) is 21.8. The molecule has 0 spiro atoms. The number of aromatic nitrogens is 6. The minimum atomic E-state index is -1.60. The molecule has 1 aliphatic heterocycles. The van der Waals surface area contributed by atoms with Crippen LogP contribution >= 0.6 is 0 Å². The molecule has 13 heteroatoms. The van der Waals surface area contributed by atoms with Crippen LogP contribution in [0.15, 0.2) is 24.4 Å². The average molecular weight is 453 g/mol. The molecule has 1 aliphatic carbocycles. The van der Waals surface area contributed by atoms with Gasteiger partial charge in [-0.1, -0.05) is 5.21 Å². The fraction of sp³-hybridized carbons (Fsp3) is 0.381. The maximum absolute atomic E-state index is 13.2. The van der Waals surface area contributed by atoms with E-state index in [1.54, 1.807) is 35.4 Å². The lowest BCUT2D eigenvalue weighted by atomic mass is 9.61. The van der Waals surface area contributed by atoms with Gasteiger partial charge < -0.3 is 20.7 Å². The Morgan fingerprint density at radius 1 is 1.26 bits per heavy atom. The summed E-state index contributed by atoms with van der Waals surface area (Å²) in [5.74, 6) is 0.847. The van der Waals surface area contributed by atoms with E-state index in [0.717, 1.165) is 24.8 Å². The Balaban J connectivity index is 1.60. The molecule has 2 atom stereocenters. The van der Waals surface area contributed by atoms with Crippen LogP contribution in [-0.2, 0) is 17.2 Å². The standard InChI is InChI=1S/C21H21B2N9O2/c1-24-17-8-16-26-13-6-10(7-14-18(13)29-30-31(14)2)21(22,23)34-15-5-3-4-12(15)27-20(33)11-9-25-32(17)19(11)28-16/h6-9,12,15,24H,3-5H2,1-2H3,(H,26,28)(H,27,33)/t12-,15+/m1/s1. The number of fused-ring (bicyclic) bond motifs is 6. The number of carbonyl (C=O) groups is 1. The van der Waals surface area contributed by atoms with E-state index in [1.165, 1.54) is 6.20 Å². The summed E-state index contributed by atoms with van der Waals surface area (Å²) in [5, 5.41) is 20.7. The molecule has 6 rings (SSSR count). The van der Waals surface area contributed by atoms with E-state index in [9.17, 15) is 4.79 Å². The first-order valence-electron chi connectivity index (χ1n) is 11.1. The van der Waals surface area contributed by atoms with E-state index in [1.807, 2.05) is 6.07 Å². The summed E-state index contributed by atoms with van der Waals surface area (Å²) in [6, 6.07) is 5.15. The number of hydrogen-bond acceptors (Lipinski definition) is 8. The lowest BCUT2D eigenvalue weighted by Gasteiger charge is -2.34. The zero-order valence-corrected chi connectivity index (χ0v) is 18.7. The highest BCUT2D eigenvalue weighted by molar-refractivity contribution is 6.39. The van der Waals surface area contributed by atoms with Crippen LogP contribution in [0.1, 0.15) is 35.2 Å². The number of amides is 1. The minimum absolute atomic E-state index is 0.247. The molecule has 4 heterocycles. The summed E-state index contributed by atoms with van der Waals surface area (Å²) in [6.07, 6.45) is 3.52. The SMILES string of the molecule is [B]C1([B])O[C@H]2CCC[C@H]2NC(=O)c2cnn3c(NC)cc(nc23)Nc2cc1cc1c2nnn1C. The lowest BCUT2D eigenvalue weighted by molar-refractivity contribution is -0.00588. The molecule has 11 nitrogen and oxygen atoms in total. The number of hydrogen-bond donors (Lipinski definition) is 3. The fourth-order valence-corrected chi connectivity index (χ4v) is 4.75. The van der Waals surface area contributed by atoms with Gasteiger partial charge >= 0.3 is 0 Å². The van der Waals surface area contributed by atoms with Crippen LogP contribution in [0.5, 0.6) is 0 Å². The molecule has 1 amide bonds. The van der Waals surface area contributed by atoms with E-state index in [4.69, 9.17) is 25.4 Å². The third-order valence-corrected chi connectivity index (χ3v) is 6.52. The van der Waals surface area contributed by atoms with Crippen molar-refractivity contribution in [2.75, 3.05) is 17.7 Å². The summed E-state index contributed by atoms with van der Waals surface area (Å²) in [5.41, 5.74) is 3.26. The summed E-state index contributed by atoms with van der Waals surface area (Å²) >= 11 is 0. The number of benzene rings is 1. The second kappa shape index (κ2) is 7.45. The van der Waals surface area contributed by atoms with Crippen molar-refractivity contribution in [3.05, 3.63) is 35.5 Å². The molecule has 1 aromatic carbocycles. The predicted octanol–water partition coefficient (Wildman–Crippen LogP) is 0.925. The first kappa shape index (κ1) is 21.0. The summed E-state index contributed by atoms with van der Waals surface area (Å²) < 4.78 is 9.45. The number of anilines is 3. The van der Waals surface area contributed by atoms with Gasteiger partial charge in [-0.15, -0.1) is 5.10 Å². The van der Waals surface area contributed by atoms with Gasteiger partial charge in [0.25, 0.3) is 5.91 Å². The Bertz CT molecular complexity index is 1450. The van der Waals surface area contributed by atoms with Crippen LogP contribution in [0.3, 0.4) is 0 Å². The van der Waals surface area contributed by atoms with Crippen molar-refractivity contribution in [3.8, 4) is 0 Å². The van der Waals surface area contributed by atoms with Gasteiger partial charge in [-0.3, -0.25) is 4.79 Å². The third kappa shape index (κ3) is 3.22. The maximum Gasteiger partial charge on any atom is 0.257 e. The Hall–Kier alpha value is -3.60. The number of nitrogens with zero attached hydrogens (tertiary/aromatic N) is 6. The minimum Gasteiger partial charge on any atom is -0.384 e. The van der Waals surface area contributed by atoms with Gasteiger partial charge in [0.15, 0.2) is 5.65 Å². The van der Waals surface area contributed by atoms with E-state index < -0.39 is 5.40 Å². The van der Waals surface area contributed by atoms with E-state index in [0.29, 0.717) is 39.6 Å². The second-order valence-corrected chi connectivity index (χ2v) is 8.76. The van der Waals surface area contributed by atoms with Gasteiger partial charge in [0, 0.05) is 25.6 Å². The predicted molar refractivity (Wildman–Crippen MR) is 127 cm³/mol. The Kier molecular flexibility index (Phi) is 4.60. The highest BCUT2D eigenvalue weighted by atomic mass is 16.5. The highest BCUT2D eigenvalue weighted by Crippen LogP contribution is 2.35. The van der Waals surface area contributed by atoms with Crippen molar-refractivity contribution in [3.63, 3.8) is 0 Å². The molecular weight excluding hydrogens is 432 g/mol.